The number of ether oxygens (including phenoxy) is 2. The highest BCUT2D eigenvalue weighted by atomic mass is 16.5. The van der Waals surface area contributed by atoms with Crippen LogP contribution in [-0.4, -0.2) is 20.3 Å². The molecule has 0 bridgehead atoms. The van der Waals surface area contributed by atoms with Gasteiger partial charge in [-0.3, -0.25) is 0 Å². The summed E-state index contributed by atoms with van der Waals surface area (Å²) in [6, 6.07) is 5.88. The largest absolute Gasteiger partial charge is 0.493 e. The van der Waals surface area contributed by atoms with E-state index in [-0.39, 0.29) is 0 Å². The van der Waals surface area contributed by atoms with Crippen molar-refractivity contribution in [2.45, 2.75) is 13.3 Å². The van der Waals surface area contributed by atoms with Gasteiger partial charge in [0, 0.05) is 0 Å². The fourth-order valence-corrected chi connectivity index (χ4v) is 1.38. The summed E-state index contributed by atoms with van der Waals surface area (Å²) in [5.74, 6) is 1.54. The van der Waals surface area contributed by atoms with Crippen LogP contribution in [0.4, 0.5) is 0 Å². The topological polar surface area (TPSA) is 44.5 Å². The van der Waals surface area contributed by atoms with Crippen molar-refractivity contribution in [2.24, 2.45) is 5.73 Å². The molecule has 0 aromatic heterocycles. The maximum atomic E-state index is 5.44. The lowest BCUT2D eigenvalue weighted by molar-refractivity contribution is 0.311. The molecule has 0 heterocycles. The molecule has 1 rings (SSSR count). The summed E-state index contributed by atoms with van der Waals surface area (Å²) in [7, 11) is 1.64. The van der Waals surface area contributed by atoms with Crippen LogP contribution in [0.1, 0.15) is 18.9 Å². The van der Waals surface area contributed by atoms with E-state index in [1.54, 1.807) is 7.11 Å². The Balaban J connectivity index is 2.81. The highest BCUT2D eigenvalue weighted by Gasteiger charge is 2.03. The highest BCUT2D eigenvalue weighted by molar-refractivity contribution is 5.55. The van der Waals surface area contributed by atoms with Crippen LogP contribution in [-0.2, 0) is 0 Å². The zero-order valence-corrected chi connectivity index (χ0v) is 9.90. The van der Waals surface area contributed by atoms with Gasteiger partial charge in [0.15, 0.2) is 11.5 Å². The predicted molar refractivity (Wildman–Crippen MR) is 66.9 cm³/mol. The van der Waals surface area contributed by atoms with E-state index in [2.05, 4.69) is 6.08 Å². The van der Waals surface area contributed by atoms with Gasteiger partial charge < -0.3 is 15.2 Å². The molecule has 0 aliphatic carbocycles. The first-order valence-corrected chi connectivity index (χ1v) is 5.49. The van der Waals surface area contributed by atoms with E-state index in [9.17, 15) is 0 Å². The van der Waals surface area contributed by atoms with Gasteiger partial charge in [-0.05, 0) is 37.6 Å². The van der Waals surface area contributed by atoms with Gasteiger partial charge in [-0.25, -0.2) is 0 Å². The van der Waals surface area contributed by atoms with E-state index in [4.69, 9.17) is 15.2 Å². The zero-order chi connectivity index (χ0) is 11.8. The van der Waals surface area contributed by atoms with E-state index in [0.29, 0.717) is 13.2 Å². The van der Waals surface area contributed by atoms with Crippen molar-refractivity contribution < 1.29 is 9.47 Å². The Bertz CT molecular complexity index is 348. The Morgan fingerprint density at radius 3 is 2.75 bits per heavy atom. The van der Waals surface area contributed by atoms with Gasteiger partial charge in [0.05, 0.1) is 13.7 Å². The van der Waals surface area contributed by atoms with Crippen molar-refractivity contribution in [1.82, 2.24) is 0 Å². The summed E-state index contributed by atoms with van der Waals surface area (Å²) in [5, 5.41) is 0. The molecule has 0 fully saturated rings. The number of rotatable bonds is 6. The summed E-state index contributed by atoms with van der Waals surface area (Å²) >= 11 is 0. The monoisotopic (exact) mass is 221 g/mol. The van der Waals surface area contributed by atoms with E-state index >= 15 is 0 Å². The van der Waals surface area contributed by atoms with Crippen LogP contribution in [0.3, 0.4) is 0 Å². The van der Waals surface area contributed by atoms with E-state index in [1.165, 1.54) is 0 Å². The van der Waals surface area contributed by atoms with Crippen molar-refractivity contribution in [1.29, 1.82) is 0 Å². The molecule has 0 unspecified atom stereocenters. The third kappa shape index (κ3) is 3.59. The highest BCUT2D eigenvalue weighted by Crippen LogP contribution is 2.28. The normalized spacial score (nSPS) is 10.7. The average molecular weight is 221 g/mol. The molecule has 1 aromatic rings. The second kappa shape index (κ2) is 6.90. The fourth-order valence-electron chi connectivity index (χ4n) is 1.38. The minimum atomic E-state index is 0.638. The molecule has 88 valence electrons. The lowest BCUT2D eigenvalue weighted by Crippen LogP contribution is -1.96. The lowest BCUT2D eigenvalue weighted by atomic mass is 10.2. The molecular weight excluding hydrogens is 202 g/mol. The Kier molecular flexibility index (Phi) is 5.43. The SMILES string of the molecule is CCOc1ccc(C=CCCN)cc1OC. The van der Waals surface area contributed by atoms with Crippen LogP contribution in [0, 0.1) is 0 Å². The molecule has 0 radical (unpaired) electrons. The first kappa shape index (κ1) is 12.6. The quantitative estimate of drug-likeness (QED) is 0.802. The van der Waals surface area contributed by atoms with Gasteiger partial charge >= 0.3 is 0 Å². The minimum absolute atomic E-state index is 0.638. The summed E-state index contributed by atoms with van der Waals surface area (Å²) in [6.45, 7) is 3.26. The first-order chi connectivity index (χ1) is 7.81. The second-order valence-corrected chi connectivity index (χ2v) is 3.32. The summed E-state index contributed by atoms with van der Waals surface area (Å²) in [6.07, 6.45) is 4.97. The molecule has 0 atom stereocenters. The Labute approximate surface area is 96.9 Å². The molecule has 3 heteroatoms. The van der Waals surface area contributed by atoms with Crippen LogP contribution >= 0.6 is 0 Å². The van der Waals surface area contributed by atoms with Crippen LogP contribution in [0.15, 0.2) is 24.3 Å². The van der Waals surface area contributed by atoms with Gasteiger partial charge in [0.1, 0.15) is 0 Å². The smallest absolute Gasteiger partial charge is 0.161 e. The lowest BCUT2D eigenvalue weighted by Gasteiger charge is -2.09. The predicted octanol–water partition coefficient (Wildman–Crippen LogP) is 2.46. The average Bonchev–Trinajstić information content (AvgIpc) is 2.31. The standard InChI is InChI=1S/C13H19NO2/c1-3-16-12-8-7-11(6-4-5-9-14)10-13(12)15-2/h4,6-8,10H,3,5,9,14H2,1-2H3. The van der Waals surface area contributed by atoms with Crippen molar-refractivity contribution in [3.05, 3.63) is 29.8 Å². The van der Waals surface area contributed by atoms with Crippen LogP contribution in [0.2, 0.25) is 0 Å². The van der Waals surface area contributed by atoms with Crippen molar-refractivity contribution in [3.63, 3.8) is 0 Å². The van der Waals surface area contributed by atoms with Crippen LogP contribution in [0.25, 0.3) is 6.08 Å². The van der Waals surface area contributed by atoms with Gasteiger partial charge in [-0.1, -0.05) is 18.2 Å². The van der Waals surface area contributed by atoms with E-state index in [0.717, 1.165) is 23.5 Å². The molecule has 2 N–H and O–H groups in total. The van der Waals surface area contributed by atoms with Crippen LogP contribution < -0.4 is 15.2 Å². The molecular formula is C13H19NO2. The number of nitrogens with two attached hydrogens (primary N) is 1. The van der Waals surface area contributed by atoms with Crippen molar-refractivity contribution >= 4 is 6.08 Å². The van der Waals surface area contributed by atoms with Crippen molar-refractivity contribution in [3.8, 4) is 11.5 Å². The van der Waals surface area contributed by atoms with Gasteiger partial charge in [0.2, 0.25) is 0 Å². The number of hydrogen-bond donors (Lipinski definition) is 1. The zero-order valence-electron chi connectivity index (χ0n) is 9.90. The Morgan fingerprint density at radius 1 is 1.31 bits per heavy atom. The maximum absolute atomic E-state index is 5.44. The molecule has 0 spiro atoms. The molecule has 0 aliphatic rings. The summed E-state index contributed by atoms with van der Waals surface area (Å²) in [4.78, 5) is 0. The molecule has 16 heavy (non-hydrogen) atoms. The molecule has 0 amide bonds. The number of hydrogen-bond acceptors (Lipinski definition) is 3. The third-order valence-corrected chi connectivity index (χ3v) is 2.13. The molecule has 3 nitrogen and oxygen atoms in total. The van der Waals surface area contributed by atoms with Gasteiger partial charge in [-0.2, -0.15) is 0 Å². The Morgan fingerprint density at radius 2 is 2.12 bits per heavy atom. The minimum Gasteiger partial charge on any atom is -0.493 e. The number of methoxy groups -OCH3 is 1. The molecule has 0 saturated heterocycles. The third-order valence-electron chi connectivity index (χ3n) is 2.13. The Hall–Kier alpha value is -1.48. The van der Waals surface area contributed by atoms with Gasteiger partial charge in [-0.15, -0.1) is 0 Å². The molecule has 0 saturated carbocycles. The van der Waals surface area contributed by atoms with Crippen LogP contribution in [0.5, 0.6) is 11.5 Å². The van der Waals surface area contributed by atoms with E-state index < -0.39 is 0 Å². The van der Waals surface area contributed by atoms with Gasteiger partial charge in [0.25, 0.3) is 0 Å². The number of benzene rings is 1. The van der Waals surface area contributed by atoms with E-state index in [1.807, 2.05) is 31.2 Å². The first-order valence-electron chi connectivity index (χ1n) is 5.49. The fraction of sp³-hybridized carbons (Fsp3) is 0.385. The molecule has 0 aliphatic heterocycles. The summed E-state index contributed by atoms with van der Waals surface area (Å²) in [5.41, 5.74) is 6.51. The van der Waals surface area contributed by atoms with Crippen molar-refractivity contribution in [2.75, 3.05) is 20.3 Å². The maximum Gasteiger partial charge on any atom is 0.161 e. The summed E-state index contributed by atoms with van der Waals surface area (Å²) < 4.78 is 10.7. The second-order valence-electron chi connectivity index (χ2n) is 3.32. The molecule has 1 aromatic carbocycles.